The summed E-state index contributed by atoms with van der Waals surface area (Å²) in [7, 11) is 2.82. The van der Waals surface area contributed by atoms with Gasteiger partial charge in [-0.05, 0) is 25.7 Å². The molecule has 0 aliphatic carbocycles. The Hall–Kier alpha value is -2.28. The van der Waals surface area contributed by atoms with Crippen LogP contribution in [0.25, 0.3) is 0 Å². The van der Waals surface area contributed by atoms with Gasteiger partial charge in [0.1, 0.15) is 0 Å². The number of methoxy groups -OCH3 is 2. The number of ether oxygens (including phenoxy) is 4. The summed E-state index contributed by atoms with van der Waals surface area (Å²) in [6.45, 7) is 10.8. The van der Waals surface area contributed by atoms with Crippen LogP contribution in [0.5, 0.6) is 0 Å². The number of esters is 4. The third kappa shape index (κ3) is 15.5. The van der Waals surface area contributed by atoms with E-state index in [0.29, 0.717) is 65.1 Å². The zero-order valence-corrected chi connectivity index (χ0v) is 24.6. The molecule has 40 heavy (non-hydrogen) atoms. The van der Waals surface area contributed by atoms with Gasteiger partial charge in [0.15, 0.2) is 0 Å². The lowest BCUT2D eigenvalue weighted by Gasteiger charge is -2.34. The van der Waals surface area contributed by atoms with Crippen LogP contribution in [0, 0.1) is 0 Å². The van der Waals surface area contributed by atoms with Gasteiger partial charge in [0, 0.05) is 78.5 Å². The molecule has 12 nitrogen and oxygen atoms in total. The third-order valence-electron chi connectivity index (χ3n) is 7.48. The monoisotopic (exact) mass is 570 g/mol. The Morgan fingerprint density at radius 2 is 0.725 bits per heavy atom. The van der Waals surface area contributed by atoms with E-state index in [1.165, 1.54) is 14.2 Å². The highest BCUT2D eigenvalue weighted by Gasteiger charge is 2.19. The molecule has 12 heteroatoms. The average Bonchev–Trinajstić information content (AvgIpc) is 2.98. The van der Waals surface area contributed by atoms with Gasteiger partial charge in [-0.2, -0.15) is 0 Å². The maximum Gasteiger partial charge on any atom is 0.307 e. The number of rotatable bonds is 19. The van der Waals surface area contributed by atoms with Crippen molar-refractivity contribution in [3.63, 3.8) is 0 Å². The number of piperazine rings is 2. The number of hydrogen-bond donors (Lipinski definition) is 0. The van der Waals surface area contributed by atoms with Crippen molar-refractivity contribution in [2.24, 2.45) is 0 Å². The van der Waals surface area contributed by atoms with E-state index >= 15 is 0 Å². The summed E-state index contributed by atoms with van der Waals surface area (Å²) in [6.07, 6.45) is 5.09. The first-order valence-corrected chi connectivity index (χ1v) is 14.7. The maximum absolute atomic E-state index is 12.0. The fourth-order valence-corrected chi connectivity index (χ4v) is 4.75. The molecule has 2 rings (SSSR count). The highest BCUT2D eigenvalue weighted by atomic mass is 16.5. The molecule has 0 atom stereocenters. The molecule has 2 fully saturated rings. The minimum atomic E-state index is -0.183. The van der Waals surface area contributed by atoms with Gasteiger partial charge in [-0.25, -0.2) is 0 Å². The van der Waals surface area contributed by atoms with Crippen molar-refractivity contribution in [1.82, 2.24) is 19.6 Å². The summed E-state index contributed by atoms with van der Waals surface area (Å²) in [6, 6.07) is 0. The highest BCUT2D eigenvalue weighted by molar-refractivity contribution is 5.70. The molecule has 2 heterocycles. The van der Waals surface area contributed by atoms with E-state index in [9.17, 15) is 19.2 Å². The Labute approximate surface area is 239 Å². The minimum absolute atomic E-state index is 0.162. The van der Waals surface area contributed by atoms with E-state index in [1.807, 2.05) is 0 Å². The molecule has 0 N–H and O–H groups in total. The van der Waals surface area contributed by atoms with E-state index < -0.39 is 0 Å². The Kier molecular flexibility index (Phi) is 17.4. The van der Waals surface area contributed by atoms with E-state index in [0.717, 1.165) is 78.0 Å². The highest BCUT2D eigenvalue weighted by Crippen LogP contribution is 2.07. The number of unbranched alkanes of at least 4 members (excludes halogenated alkanes) is 3. The molecule has 2 aliphatic heterocycles. The number of nitrogens with zero attached hydrogens (tertiary/aromatic N) is 4. The summed E-state index contributed by atoms with van der Waals surface area (Å²) in [5.74, 6) is -0.691. The van der Waals surface area contributed by atoms with E-state index in [2.05, 4.69) is 29.1 Å². The molecule has 0 bridgehead atoms. The van der Waals surface area contributed by atoms with Gasteiger partial charge in [-0.1, -0.05) is 0 Å². The zero-order valence-electron chi connectivity index (χ0n) is 24.6. The number of carbonyl (C=O) groups excluding carboxylic acids is 4. The van der Waals surface area contributed by atoms with Crippen LogP contribution < -0.4 is 0 Å². The lowest BCUT2D eigenvalue weighted by molar-refractivity contribution is -0.145. The van der Waals surface area contributed by atoms with Crippen molar-refractivity contribution >= 4 is 23.9 Å². The van der Waals surface area contributed by atoms with Crippen LogP contribution in [0.3, 0.4) is 0 Å². The van der Waals surface area contributed by atoms with Gasteiger partial charge in [0.05, 0.1) is 53.1 Å². The topological polar surface area (TPSA) is 118 Å². The van der Waals surface area contributed by atoms with E-state index in [1.54, 1.807) is 0 Å². The predicted octanol–water partition coefficient (Wildman–Crippen LogP) is 0.775. The van der Waals surface area contributed by atoms with Gasteiger partial charge in [0.25, 0.3) is 0 Å². The Morgan fingerprint density at radius 1 is 0.450 bits per heavy atom. The van der Waals surface area contributed by atoms with Crippen molar-refractivity contribution in [2.75, 3.05) is 106 Å². The van der Waals surface area contributed by atoms with Crippen LogP contribution in [-0.4, -0.2) is 149 Å². The second-order valence-corrected chi connectivity index (χ2v) is 10.4. The Balaban J connectivity index is 1.36. The molecule has 0 unspecified atom stereocenters. The first-order chi connectivity index (χ1) is 19.4. The maximum atomic E-state index is 12.0. The number of carbonyl (C=O) groups is 4. The molecule has 2 aliphatic rings. The molecule has 0 aromatic carbocycles. The smallest absolute Gasteiger partial charge is 0.307 e. The van der Waals surface area contributed by atoms with Crippen LogP contribution in [0.4, 0.5) is 0 Å². The third-order valence-corrected chi connectivity index (χ3v) is 7.48. The van der Waals surface area contributed by atoms with Gasteiger partial charge < -0.3 is 38.5 Å². The van der Waals surface area contributed by atoms with E-state index in [-0.39, 0.29) is 23.9 Å². The zero-order chi connectivity index (χ0) is 29.0. The first-order valence-electron chi connectivity index (χ1n) is 14.7. The largest absolute Gasteiger partial charge is 0.469 e. The molecule has 230 valence electrons. The van der Waals surface area contributed by atoms with Crippen molar-refractivity contribution < 1.29 is 38.1 Å². The fourth-order valence-electron chi connectivity index (χ4n) is 4.75. The fraction of sp³-hybridized carbons (Fsp3) is 0.857. The first kappa shape index (κ1) is 33.9. The minimum Gasteiger partial charge on any atom is -0.469 e. The van der Waals surface area contributed by atoms with Crippen molar-refractivity contribution in [3.05, 3.63) is 0 Å². The molecular weight excluding hydrogens is 520 g/mol. The van der Waals surface area contributed by atoms with Gasteiger partial charge >= 0.3 is 23.9 Å². The SMILES string of the molecule is COC(=O)CCN1CCN(CCC(=O)OCCCCCCOC(=O)CCN2CCN(CCC(=O)OC)CC2)CC1. The molecule has 0 saturated carbocycles. The lowest BCUT2D eigenvalue weighted by atomic mass is 10.2. The molecule has 0 radical (unpaired) electrons. The van der Waals surface area contributed by atoms with Crippen LogP contribution in [0.1, 0.15) is 51.4 Å². The molecule has 2 saturated heterocycles. The number of hydrogen-bond acceptors (Lipinski definition) is 12. The van der Waals surface area contributed by atoms with Gasteiger partial charge in [-0.15, -0.1) is 0 Å². The summed E-state index contributed by atoms with van der Waals surface area (Å²) < 4.78 is 20.1. The van der Waals surface area contributed by atoms with Crippen LogP contribution in [0.2, 0.25) is 0 Å². The van der Waals surface area contributed by atoms with Crippen LogP contribution in [0.15, 0.2) is 0 Å². The van der Waals surface area contributed by atoms with Crippen LogP contribution >= 0.6 is 0 Å². The van der Waals surface area contributed by atoms with Crippen LogP contribution in [-0.2, 0) is 38.1 Å². The van der Waals surface area contributed by atoms with E-state index in [4.69, 9.17) is 9.47 Å². The molecule has 0 amide bonds. The summed E-state index contributed by atoms with van der Waals surface area (Å²) in [4.78, 5) is 55.6. The second-order valence-electron chi connectivity index (χ2n) is 10.4. The van der Waals surface area contributed by atoms with Crippen molar-refractivity contribution in [3.8, 4) is 0 Å². The average molecular weight is 571 g/mol. The predicted molar refractivity (Wildman–Crippen MR) is 149 cm³/mol. The summed E-state index contributed by atoms with van der Waals surface area (Å²) >= 11 is 0. The Morgan fingerprint density at radius 3 is 1.00 bits per heavy atom. The van der Waals surface area contributed by atoms with Gasteiger partial charge in [0.2, 0.25) is 0 Å². The molecule has 0 aromatic rings. The Bertz CT molecular complexity index is 691. The van der Waals surface area contributed by atoms with Gasteiger partial charge in [-0.3, -0.25) is 19.2 Å². The molecule has 0 aromatic heterocycles. The summed E-state index contributed by atoms with van der Waals surface area (Å²) in [5.41, 5.74) is 0. The van der Waals surface area contributed by atoms with Crippen molar-refractivity contribution in [1.29, 1.82) is 0 Å². The lowest BCUT2D eigenvalue weighted by Crippen LogP contribution is -2.47. The quantitative estimate of drug-likeness (QED) is 0.124. The standard InChI is InChI=1S/C28H50N4O8/c1-37-25(33)7-11-29-15-19-31(20-16-29)13-9-27(35)39-23-5-3-4-6-24-40-28(36)10-14-32-21-17-30(18-22-32)12-8-26(34)38-2/h3-24H2,1-2H3. The second kappa shape index (κ2) is 20.6. The molecule has 0 spiro atoms. The summed E-state index contributed by atoms with van der Waals surface area (Å²) in [5, 5.41) is 0. The van der Waals surface area contributed by atoms with Crippen molar-refractivity contribution in [2.45, 2.75) is 51.4 Å². The normalized spacial score (nSPS) is 17.4. The molecular formula is C28H50N4O8.